The highest BCUT2D eigenvalue weighted by Gasteiger charge is 2.27. The summed E-state index contributed by atoms with van der Waals surface area (Å²) < 4.78 is 38.0. The molecule has 28 heavy (non-hydrogen) atoms. The van der Waals surface area contributed by atoms with Crippen molar-refractivity contribution in [1.82, 2.24) is 9.27 Å². The van der Waals surface area contributed by atoms with Crippen molar-refractivity contribution in [3.05, 3.63) is 46.5 Å². The monoisotopic (exact) mass is 409 g/mol. The molecule has 0 saturated carbocycles. The van der Waals surface area contributed by atoms with Gasteiger partial charge in [0.2, 0.25) is 0 Å². The van der Waals surface area contributed by atoms with Gasteiger partial charge in [-0.2, -0.15) is 0 Å². The number of nitrogens with zero attached hydrogens (tertiary/aromatic N) is 2. The van der Waals surface area contributed by atoms with E-state index in [0.29, 0.717) is 25.8 Å². The number of hydrogen-bond acceptors (Lipinski definition) is 5. The fourth-order valence-corrected chi connectivity index (χ4v) is 3.53. The number of carbonyl (C=O) groups is 2. The highest BCUT2D eigenvalue weighted by Crippen LogP contribution is 2.24. The fraction of sp³-hybridized carbons (Fsp3) is 0.421. The van der Waals surface area contributed by atoms with Crippen LogP contribution >= 0.6 is 11.5 Å². The first-order valence-electron chi connectivity index (χ1n) is 9.11. The maximum Gasteiger partial charge on any atom is 0.267 e. The molecule has 0 spiro atoms. The van der Waals surface area contributed by atoms with Crippen LogP contribution in [0.1, 0.15) is 46.2 Å². The van der Waals surface area contributed by atoms with Crippen LogP contribution in [0.3, 0.4) is 0 Å². The third-order valence-electron chi connectivity index (χ3n) is 4.42. The molecule has 0 bridgehead atoms. The second-order valence-electron chi connectivity index (χ2n) is 6.53. The summed E-state index contributed by atoms with van der Waals surface area (Å²) >= 11 is 0.952. The van der Waals surface area contributed by atoms with Gasteiger partial charge in [0.25, 0.3) is 11.8 Å². The van der Waals surface area contributed by atoms with Crippen LogP contribution in [0, 0.1) is 11.6 Å². The zero-order chi connectivity index (χ0) is 20.1. The van der Waals surface area contributed by atoms with E-state index in [2.05, 4.69) is 9.69 Å². The number of nitrogens with one attached hydrogen (secondary N) is 1. The first-order chi connectivity index (χ1) is 13.5. The Labute approximate surface area is 165 Å². The number of aromatic nitrogens is 1. The number of benzene rings is 1. The fourth-order valence-electron chi connectivity index (χ4n) is 3.04. The highest BCUT2D eigenvalue weighted by molar-refractivity contribution is 7.08. The summed E-state index contributed by atoms with van der Waals surface area (Å²) in [5.74, 6) is -3.03. The molecule has 1 aromatic heterocycles. The molecular weight excluding hydrogens is 388 g/mol. The van der Waals surface area contributed by atoms with Gasteiger partial charge >= 0.3 is 0 Å². The number of carbonyl (C=O) groups excluding carboxylic acids is 2. The van der Waals surface area contributed by atoms with E-state index in [4.69, 9.17) is 4.74 Å². The number of ether oxygens (including phenoxy) is 1. The summed E-state index contributed by atoms with van der Waals surface area (Å²) in [6.07, 6.45) is 3.82. The SMILES string of the molecule is CCCOC1CCCN(C(=O)c2cc(NC(=O)c3ccns3)c(F)cc2F)C1. The Kier molecular flexibility index (Phi) is 6.69. The Morgan fingerprint density at radius 1 is 1.36 bits per heavy atom. The Morgan fingerprint density at radius 3 is 2.89 bits per heavy atom. The van der Waals surface area contributed by atoms with Gasteiger partial charge < -0.3 is 15.0 Å². The lowest BCUT2D eigenvalue weighted by atomic mass is 10.1. The summed E-state index contributed by atoms with van der Waals surface area (Å²) in [4.78, 5) is 26.7. The number of hydrogen-bond donors (Lipinski definition) is 1. The third kappa shape index (κ3) is 4.71. The van der Waals surface area contributed by atoms with Gasteiger partial charge in [0.1, 0.15) is 16.5 Å². The van der Waals surface area contributed by atoms with Crippen molar-refractivity contribution in [1.29, 1.82) is 0 Å². The average molecular weight is 409 g/mol. The van der Waals surface area contributed by atoms with Gasteiger partial charge in [0.15, 0.2) is 0 Å². The number of anilines is 1. The van der Waals surface area contributed by atoms with Gasteiger partial charge in [0, 0.05) is 32.0 Å². The molecule has 2 aromatic rings. The zero-order valence-corrected chi connectivity index (χ0v) is 16.2. The van der Waals surface area contributed by atoms with Crippen molar-refractivity contribution in [2.75, 3.05) is 25.0 Å². The van der Waals surface area contributed by atoms with Crippen LogP contribution in [0.4, 0.5) is 14.5 Å². The van der Waals surface area contributed by atoms with E-state index in [9.17, 15) is 18.4 Å². The first kappa shape index (κ1) is 20.3. The topological polar surface area (TPSA) is 71.5 Å². The summed E-state index contributed by atoms with van der Waals surface area (Å²) in [5.41, 5.74) is -0.531. The minimum absolute atomic E-state index is 0.0911. The third-order valence-corrected chi connectivity index (χ3v) is 5.17. The van der Waals surface area contributed by atoms with Crippen LogP contribution in [0.2, 0.25) is 0 Å². The summed E-state index contributed by atoms with van der Waals surface area (Å²) in [5, 5.41) is 2.37. The molecule has 6 nitrogen and oxygen atoms in total. The molecule has 1 saturated heterocycles. The lowest BCUT2D eigenvalue weighted by molar-refractivity contribution is 0.00196. The van der Waals surface area contributed by atoms with Crippen LogP contribution in [-0.4, -0.2) is 46.9 Å². The first-order valence-corrected chi connectivity index (χ1v) is 9.89. The van der Waals surface area contributed by atoms with E-state index >= 15 is 0 Å². The lowest BCUT2D eigenvalue weighted by Gasteiger charge is -2.32. The molecule has 9 heteroatoms. The zero-order valence-electron chi connectivity index (χ0n) is 15.4. The molecule has 0 aliphatic carbocycles. The molecule has 150 valence electrons. The molecule has 1 aromatic carbocycles. The van der Waals surface area contributed by atoms with Crippen LogP contribution in [-0.2, 0) is 4.74 Å². The summed E-state index contributed by atoms with van der Waals surface area (Å²) in [7, 11) is 0. The van der Waals surface area contributed by atoms with Crippen LogP contribution in [0.15, 0.2) is 24.4 Å². The van der Waals surface area contributed by atoms with E-state index in [1.165, 1.54) is 17.2 Å². The molecule has 1 aliphatic rings. The van der Waals surface area contributed by atoms with Crippen molar-refractivity contribution in [2.45, 2.75) is 32.3 Å². The van der Waals surface area contributed by atoms with Crippen LogP contribution in [0.5, 0.6) is 0 Å². The molecule has 2 amide bonds. The molecule has 3 rings (SSSR count). The Bertz CT molecular complexity index is 845. The second-order valence-corrected chi connectivity index (χ2v) is 7.36. The molecule has 1 N–H and O–H groups in total. The minimum Gasteiger partial charge on any atom is -0.376 e. The van der Waals surface area contributed by atoms with Gasteiger partial charge in [-0.15, -0.1) is 0 Å². The Hall–Kier alpha value is -2.39. The molecule has 1 fully saturated rings. The summed E-state index contributed by atoms with van der Waals surface area (Å²) in [6.45, 7) is 3.44. The predicted octanol–water partition coefficient (Wildman–Crippen LogP) is 3.70. The van der Waals surface area contributed by atoms with E-state index in [1.54, 1.807) is 0 Å². The number of amides is 2. The van der Waals surface area contributed by atoms with E-state index in [0.717, 1.165) is 36.9 Å². The van der Waals surface area contributed by atoms with Crippen molar-refractivity contribution in [2.24, 2.45) is 0 Å². The summed E-state index contributed by atoms with van der Waals surface area (Å²) in [6, 6.07) is 3.14. The quantitative estimate of drug-likeness (QED) is 0.790. The van der Waals surface area contributed by atoms with Crippen LogP contribution < -0.4 is 5.32 Å². The van der Waals surface area contributed by atoms with Crippen molar-refractivity contribution in [3.63, 3.8) is 0 Å². The lowest BCUT2D eigenvalue weighted by Crippen LogP contribution is -2.43. The van der Waals surface area contributed by atoms with Crippen molar-refractivity contribution < 1.29 is 23.1 Å². The number of piperidine rings is 1. The smallest absolute Gasteiger partial charge is 0.267 e. The molecule has 1 unspecified atom stereocenters. The van der Waals surface area contributed by atoms with E-state index in [-0.39, 0.29) is 22.2 Å². The molecule has 0 radical (unpaired) electrons. The number of likely N-dealkylation sites (tertiary alicyclic amines) is 1. The maximum absolute atomic E-state index is 14.3. The predicted molar refractivity (Wildman–Crippen MR) is 102 cm³/mol. The standard InChI is InChI=1S/C19H21F2N3O3S/c1-2-8-27-12-4-3-7-24(11-12)19(26)13-9-16(15(21)10-14(13)20)23-18(25)17-5-6-22-28-17/h5-6,9-10,12H,2-4,7-8,11H2,1H3,(H,23,25). The van der Waals surface area contributed by atoms with Crippen molar-refractivity contribution in [3.8, 4) is 0 Å². The number of halogens is 2. The molecule has 2 heterocycles. The molecular formula is C19H21F2N3O3S. The Balaban J connectivity index is 1.77. The maximum atomic E-state index is 14.3. The van der Waals surface area contributed by atoms with Gasteiger partial charge in [-0.25, -0.2) is 13.2 Å². The van der Waals surface area contributed by atoms with E-state index in [1.807, 2.05) is 6.92 Å². The van der Waals surface area contributed by atoms with E-state index < -0.39 is 23.4 Å². The second kappa shape index (κ2) is 9.20. The highest BCUT2D eigenvalue weighted by atomic mass is 32.1. The van der Waals surface area contributed by atoms with Gasteiger partial charge in [0.05, 0.1) is 17.4 Å². The van der Waals surface area contributed by atoms with Gasteiger partial charge in [-0.3, -0.25) is 9.59 Å². The Morgan fingerprint density at radius 2 is 2.18 bits per heavy atom. The largest absolute Gasteiger partial charge is 0.376 e. The van der Waals surface area contributed by atoms with Crippen LogP contribution in [0.25, 0.3) is 0 Å². The van der Waals surface area contributed by atoms with Crippen molar-refractivity contribution >= 4 is 29.0 Å². The van der Waals surface area contributed by atoms with Gasteiger partial charge in [-0.05, 0) is 42.9 Å². The number of rotatable bonds is 6. The average Bonchev–Trinajstić information content (AvgIpc) is 3.23. The minimum atomic E-state index is -0.963. The normalized spacial score (nSPS) is 16.8. The molecule has 1 aliphatic heterocycles. The molecule has 1 atom stereocenters. The van der Waals surface area contributed by atoms with Gasteiger partial charge in [-0.1, -0.05) is 6.92 Å².